The third-order valence-electron chi connectivity index (χ3n) is 5.26. The van der Waals surface area contributed by atoms with Gasteiger partial charge in [0.25, 0.3) is 0 Å². The lowest BCUT2D eigenvalue weighted by atomic mass is 10.1. The summed E-state index contributed by atoms with van der Waals surface area (Å²) >= 11 is 0. The van der Waals surface area contributed by atoms with Gasteiger partial charge in [-0.1, -0.05) is 6.07 Å². The SMILES string of the molecule is Cc1c(Oc2ccc(CCOP(=O)(O)N=O)cc2F)ncnc1OC1CCN(C(=O)OC(C)C)CC1. The smallest absolute Gasteiger partial charge is 0.474 e. The van der Waals surface area contributed by atoms with Gasteiger partial charge in [0.05, 0.1) is 18.3 Å². The zero-order chi connectivity index (χ0) is 26.3. The van der Waals surface area contributed by atoms with Gasteiger partial charge in [0.2, 0.25) is 11.8 Å². The molecule has 0 bridgehead atoms. The van der Waals surface area contributed by atoms with E-state index >= 15 is 0 Å². The Labute approximate surface area is 207 Å². The highest BCUT2D eigenvalue weighted by Gasteiger charge is 2.26. The molecule has 1 aliphatic rings. The van der Waals surface area contributed by atoms with Crippen LogP contribution in [0.1, 0.15) is 37.8 Å². The van der Waals surface area contributed by atoms with Crippen LogP contribution in [0.3, 0.4) is 0 Å². The maximum Gasteiger partial charge on any atom is 0.487 e. The molecule has 1 amide bonds. The molecule has 0 radical (unpaired) electrons. The molecule has 2 heterocycles. The zero-order valence-corrected chi connectivity index (χ0v) is 21.0. The normalized spacial score (nSPS) is 15.9. The van der Waals surface area contributed by atoms with E-state index in [-0.39, 0.29) is 43.0 Å². The topological polar surface area (TPSA) is 150 Å². The first-order valence-electron chi connectivity index (χ1n) is 11.3. The molecule has 0 saturated carbocycles. The van der Waals surface area contributed by atoms with E-state index in [4.69, 9.17) is 19.1 Å². The summed E-state index contributed by atoms with van der Waals surface area (Å²) in [4.78, 5) is 43.1. The van der Waals surface area contributed by atoms with Crippen LogP contribution in [0.4, 0.5) is 9.18 Å². The number of halogens is 1. The fraction of sp³-hybridized carbons (Fsp3) is 0.500. The Kier molecular flexibility index (Phi) is 9.30. The van der Waals surface area contributed by atoms with Crippen molar-refractivity contribution in [2.45, 2.75) is 52.2 Å². The number of rotatable bonds is 10. The molecule has 0 spiro atoms. The van der Waals surface area contributed by atoms with Crippen LogP contribution in [0.15, 0.2) is 29.5 Å². The first-order chi connectivity index (χ1) is 17.1. The predicted molar refractivity (Wildman–Crippen MR) is 125 cm³/mol. The quantitative estimate of drug-likeness (QED) is 0.345. The van der Waals surface area contributed by atoms with E-state index in [1.165, 1.54) is 18.5 Å². The molecule has 196 valence electrons. The molecule has 1 aliphatic heterocycles. The number of piperidine rings is 1. The van der Waals surface area contributed by atoms with Crippen LogP contribution in [-0.4, -0.2) is 57.8 Å². The van der Waals surface area contributed by atoms with Crippen molar-refractivity contribution in [3.05, 3.63) is 46.4 Å². The van der Waals surface area contributed by atoms with E-state index in [2.05, 4.69) is 14.5 Å². The van der Waals surface area contributed by atoms with Crippen molar-refractivity contribution in [1.82, 2.24) is 14.9 Å². The molecule has 1 N–H and O–H groups in total. The molecule has 1 fully saturated rings. The van der Waals surface area contributed by atoms with Crippen LogP contribution in [-0.2, 0) is 20.2 Å². The molecule has 1 unspecified atom stereocenters. The summed E-state index contributed by atoms with van der Waals surface area (Å²) in [6, 6.07) is 4.11. The number of carbonyl (C=O) groups is 1. The maximum absolute atomic E-state index is 14.6. The second kappa shape index (κ2) is 12.2. The molecule has 36 heavy (non-hydrogen) atoms. The highest BCUT2D eigenvalue weighted by atomic mass is 31.2. The van der Waals surface area contributed by atoms with E-state index in [1.807, 2.05) is 4.95 Å². The number of amides is 1. The predicted octanol–water partition coefficient (Wildman–Crippen LogP) is 4.53. The van der Waals surface area contributed by atoms with Gasteiger partial charge >= 0.3 is 13.8 Å². The number of ether oxygens (including phenoxy) is 3. The first kappa shape index (κ1) is 27.4. The second-order valence-electron chi connectivity index (χ2n) is 8.37. The summed E-state index contributed by atoms with van der Waals surface area (Å²) in [5, 5.41) is 0. The standard InChI is InChI=1S/C22H28FN4O8P/c1-14(2)33-22(28)27-9-6-17(7-10-27)34-20-15(3)21(25-13-24-20)35-19-5-4-16(12-18(19)23)8-11-32-36(30,31)26-29/h4-5,12-14,17H,6-11H2,1-3H3,(H,30,31). The minimum Gasteiger partial charge on any atom is -0.474 e. The number of hydrogen-bond donors (Lipinski definition) is 1. The van der Waals surface area contributed by atoms with Gasteiger partial charge in [0.1, 0.15) is 12.4 Å². The van der Waals surface area contributed by atoms with Gasteiger partial charge < -0.3 is 24.0 Å². The van der Waals surface area contributed by atoms with Crippen LogP contribution < -0.4 is 9.47 Å². The molecule has 2 aromatic rings. The largest absolute Gasteiger partial charge is 0.487 e. The average Bonchev–Trinajstić information content (AvgIpc) is 2.83. The van der Waals surface area contributed by atoms with Gasteiger partial charge in [-0.05, 0) is 44.9 Å². The van der Waals surface area contributed by atoms with Crippen molar-refractivity contribution in [3.8, 4) is 17.5 Å². The Balaban J connectivity index is 1.58. The summed E-state index contributed by atoms with van der Waals surface area (Å²) in [6.07, 6.45) is 1.83. The molecule has 1 aromatic heterocycles. The summed E-state index contributed by atoms with van der Waals surface area (Å²) < 4.78 is 47.0. The number of likely N-dealkylation sites (tertiary alicyclic amines) is 1. The number of hydrogen-bond acceptors (Lipinski definition) is 9. The van der Waals surface area contributed by atoms with Gasteiger partial charge in [-0.3, -0.25) is 4.52 Å². The molecule has 0 aliphatic carbocycles. The molecular formula is C22H28FN4O8P. The van der Waals surface area contributed by atoms with Crippen molar-refractivity contribution in [2.24, 2.45) is 4.95 Å². The Morgan fingerprint density at radius 2 is 1.97 bits per heavy atom. The summed E-state index contributed by atoms with van der Waals surface area (Å²) in [5.41, 5.74) is 0.939. The molecule has 14 heteroatoms. The number of carbonyl (C=O) groups excluding carboxylic acids is 1. The van der Waals surface area contributed by atoms with Gasteiger partial charge in [-0.15, -0.1) is 4.91 Å². The van der Waals surface area contributed by atoms with Crippen molar-refractivity contribution in [2.75, 3.05) is 19.7 Å². The van der Waals surface area contributed by atoms with Gasteiger partial charge in [-0.2, -0.15) is 0 Å². The molecular weight excluding hydrogens is 498 g/mol. The van der Waals surface area contributed by atoms with Crippen molar-refractivity contribution in [3.63, 3.8) is 0 Å². The van der Waals surface area contributed by atoms with Crippen LogP contribution >= 0.6 is 7.75 Å². The van der Waals surface area contributed by atoms with E-state index in [0.29, 0.717) is 42.9 Å². The summed E-state index contributed by atoms with van der Waals surface area (Å²) in [7, 11) is -4.51. The third-order valence-corrected chi connectivity index (χ3v) is 5.99. The highest BCUT2D eigenvalue weighted by Crippen LogP contribution is 2.42. The fourth-order valence-corrected chi connectivity index (χ4v) is 3.80. The average molecular weight is 526 g/mol. The van der Waals surface area contributed by atoms with Crippen LogP contribution in [0.5, 0.6) is 17.5 Å². The van der Waals surface area contributed by atoms with E-state index < -0.39 is 13.6 Å². The van der Waals surface area contributed by atoms with Crippen LogP contribution in [0.2, 0.25) is 0 Å². The van der Waals surface area contributed by atoms with Gasteiger partial charge in [0, 0.05) is 30.9 Å². The van der Waals surface area contributed by atoms with Crippen molar-refractivity contribution < 1.29 is 37.4 Å². The highest BCUT2D eigenvalue weighted by molar-refractivity contribution is 7.51. The van der Waals surface area contributed by atoms with Crippen LogP contribution in [0.25, 0.3) is 0 Å². The van der Waals surface area contributed by atoms with Crippen molar-refractivity contribution >= 4 is 13.8 Å². The second-order valence-corrected chi connectivity index (χ2v) is 9.77. The Morgan fingerprint density at radius 3 is 2.61 bits per heavy atom. The zero-order valence-electron chi connectivity index (χ0n) is 20.1. The maximum atomic E-state index is 14.6. The number of aromatic nitrogens is 2. The number of nitroso groups, excluding NO2 is 1. The summed E-state index contributed by atoms with van der Waals surface area (Å²) in [6.45, 7) is 5.99. The number of nitrogens with zero attached hydrogens (tertiary/aromatic N) is 4. The molecule has 1 saturated heterocycles. The Morgan fingerprint density at radius 1 is 1.28 bits per heavy atom. The van der Waals surface area contributed by atoms with E-state index in [0.717, 1.165) is 0 Å². The lowest BCUT2D eigenvalue weighted by molar-refractivity contribution is 0.0505. The van der Waals surface area contributed by atoms with E-state index in [9.17, 15) is 18.7 Å². The van der Waals surface area contributed by atoms with Crippen LogP contribution in [0, 0.1) is 17.6 Å². The third kappa shape index (κ3) is 7.67. The molecule has 12 nitrogen and oxygen atoms in total. The minimum atomic E-state index is -4.51. The Bertz CT molecular complexity index is 1130. The van der Waals surface area contributed by atoms with Gasteiger partial charge in [-0.25, -0.2) is 23.7 Å². The first-order valence-corrected chi connectivity index (χ1v) is 12.8. The number of benzene rings is 1. The molecule has 1 atom stereocenters. The summed E-state index contributed by atoms with van der Waals surface area (Å²) in [5.74, 6) is -0.359. The van der Waals surface area contributed by atoms with Gasteiger partial charge in [0.15, 0.2) is 11.6 Å². The Hall–Kier alpha value is -3.15. The molecule has 3 rings (SSSR count). The van der Waals surface area contributed by atoms with E-state index in [1.54, 1.807) is 31.7 Å². The lowest BCUT2D eigenvalue weighted by Crippen LogP contribution is -2.42. The fourth-order valence-electron chi connectivity index (χ4n) is 3.42. The monoisotopic (exact) mass is 526 g/mol. The molecule has 1 aromatic carbocycles. The van der Waals surface area contributed by atoms with Crippen molar-refractivity contribution in [1.29, 1.82) is 0 Å². The minimum absolute atomic E-state index is 0.0792. The lowest BCUT2D eigenvalue weighted by Gasteiger charge is -2.31.